The molecule has 0 aromatic heterocycles. The maximum atomic E-state index is 3.75. The van der Waals surface area contributed by atoms with E-state index in [0.29, 0.717) is 0 Å². The topological polar surface area (TPSA) is 0 Å². The Morgan fingerprint density at radius 3 is 2.12 bits per heavy atom. The summed E-state index contributed by atoms with van der Waals surface area (Å²) in [6, 6.07) is 0. The van der Waals surface area contributed by atoms with Crippen molar-refractivity contribution in [1.82, 2.24) is 0 Å². The van der Waals surface area contributed by atoms with E-state index in [2.05, 4.69) is 18.9 Å². The first-order valence-electron chi connectivity index (χ1n) is 2.66. The molecule has 0 saturated carbocycles. The van der Waals surface area contributed by atoms with Crippen LogP contribution in [0, 0.1) is 0 Å². The van der Waals surface area contributed by atoms with Gasteiger partial charge >= 0.3 is 0 Å². The number of rotatable bonds is 2. The average molecular weight is 108 g/mol. The van der Waals surface area contributed by atoms with Crippen LogP contribution in [0.4, 0.5) is 0 Å². The summed E-state index contributed by atoms with van der Waals surface area (Å²) in [5.74, 6) is 0. The van der Waals surface area contributed by atoms with Gasteiger partial charge in [0.05, 0.1) is 0 Å². The summed E-state index contributed by atoms with van der Waals surface area (Å²) < 4.78 is 0. The van der Waals surface area contributed by atoms with Gasteiger partial charge in [-0.25, -0.2) is 0 Å². The van der Waals surface area contributed by atoms with Crippen LogP contribution in [0.15, 0.2) is 30.0 Å². The van der Waals surface area contributed by atoms with Crippen molar-refractivity contribution >= 4 is 0 Å². The molecular formula is C8H12. The largest absolute Gasteiger partial charge is 0.130 e. The molecule has 0 bridgehead atoms. The molecule has 0 nitrogen and oxygen atoms in total. The van der Waals surface area contributed by atoms with Gasteiger partial charge in [0.1, 0.15) is 0 Å². The fraction of sp³-hybridized carbons (Fsp3) is 0.375. The van der Waals surface area contributed by atoms with Gasteiger partial charge < -0.3 is 0 Å². The van der Waals surface area contributed by atoms with E-state index >= 15 is 0 Å². The van der Waals surface area contributed by atoms with Crippen molar-refractivity contribution in [3.63, 3.8) is 0 Å². The smallest absolute Gasteiger partial charge is 0.00407 e. The highest BCUT2D eigenvalue weighted by molar-refractivity contribution is 5.06. The first kappa shape index (κ1) is 7.26. The molecule has 0 N–H and O–H groups in total. The molecule has 0 heteroatoms. The van der Waals surface area contributed by atoms with Gasteiger partial charge in [-0.1, -0.05) is 18.7 Å². The predicted molar refractivity (Wildman–Crippen MR) is 37.8 cm³/mol. The Balaban J connectivity index is 3.74. The zero-order valence-electron chi connectivity index (χ0n) is 5.62. The maximum Gasteiger partial charge on any atom is -0.00407 e. The Labute approximate surface area is 51.2 Å². The maximum absolute atomic E-state index is 3.75. The van der Waals surface area contributed by atoms with Crippen LogP contribution in [0.25, 0.3) is 0 Å². The zero-order chi connectivity index (χ0) is 6.57. The number of hydrogen-bond acceptors (Lipinski definition) is 0. The van der Waals surface area contributed by atoms with Crippen molar-refractivity contribution < 1.29 is 0 Å². The minimum absolute atomic E-state index is 0.934. The van der Waals surface area contributed by atoms with Crippen LogP contribution in [-0.2, 0) is 0 Å². The van der Waals surface area contributed by atoms with Gasteiger partial charge in [0.15, 0.2) is 0 Å². The summed E-state index contributed by atoms with van der Waals surface area (Å²) in [5, 5.41) is 0. The summed E-state index contributed by atoms with van der Waals surface area (Å²) >= 11 is 0. The third-order valence-electron chi connectivity index (χ3n) is 0.869. The highest BCUT2D eigenvalue weighted by Gasteiger charge is 1.84. The van der Waals surface area contributed by atoms with Crippen LogP contribution < -0.4 is 0 Å². The predicted octanol–water partition coefficient (Wildman–Crippen LogP) is 2.68. The van der Waals surface area contributed by atoms with E-state index in [1.807, 2.05) is 13.8 Å². The lowest BCUT2D eigenvalue weighted by Gasteiger charge is -1.92. The molecule has 0 radical (unpaired) electrons. The summed E-state index contributed by atoms with van der Waals surface area (Å²) in [4.78, 5) is 0. The van der Waals surface area contributed by atoms with Crippen LogP contribution in [0.3, 0.4) is 0 Å². The Bertz CT molecular complexity index is 134. The lowest BCUT2D eigenvalue weighted by Crippen LogP contribution is -1.73. The first-order chi connectivity index (χ1) is 3.66. The first-order valence-corrected chi connectivity index (χ1v) is 2.66. The summed E-state index contributed by atoms with van der Waals surface area (Å²) in [5.41, 5.74) is 5.13. The molecule has 0 unspecified atom stereocenters. The van der Waals surface area contributed by atoms with E-state index in [9.17, 15) is 0 Å². The van der Waals surface area contributed by atoms with E-state index in [4.69, 9.17) is 0 Å². The monoisotopic (exact) mass is 108 g/mol. The third-order valence-corrected chi connectivity index (χ3v) is 0.869. The van der Waals surface area contributed by atoms with Gasteiger partial charge in [0, 0.05) is 0 Å². The summed E-state index contributed by atoms with van der Waals surface area (Å²) in [7, 11) is 0. The molecule has 0 spiro atoms. The van der Waals surface area contributed by atoms with Crippen molar-refractivity contribution in [2.75, 3.05) is 0 Å². The molecule has 44 valence electrons. The normalized spacial score (nSPS) is 7.75. The Morgan fingerprint density at radius 2 is 2.00 bits per heavy atom. The van der Waals surface area contributed by atoms with Crippen molar-refractivity contribution in [1.29, 1.82) is 0 Å². The van der Waals surface area contributed by atoms with Crippen molar-refractivity contribution in [3.8, 4) is 0 Å². The minimum Gasteiger partial charge on any atom is -0.130 e. The zero-order valence-corrected chi connectivity index (χ0v) is 5.62. The molecule has 0 aliphatic rings. The molecule has 0 fully saturated rings. The Hall–Kier alpha value is -0.740. The molecule has 0 rings (SSSR count). The van der Waals surface area contributed by atoms with Crippen molar-refractivity contribution in [3.05, 3.63) is 30.0 Å². The second-order valence-electron chi connectivity index (χ2n) is 2.09. The van der Waals surface area contributed by atoms with Gasteiger partial charge in [0.25, 0.3) is 0 Å². The minimum atomic E-state index is 0.934. The molecule has 0 aliphatic carbocycles. The molecule has 0 aliphatic heterocycles. The van der Waals surface area contributed by atoms with E-state index in [-0.39, 0.29) is 0 Å². The number of allylic oxidation sites excluding steroid dienone is 2. The van der Waals surface area contributed by atoms with Crippen LogP contribution in [0.5, 0.6) is 0 Å². The number of hydrogen-bond donors (Lipinski definition) is 0. The van der Waals surface area contributed by atoms with Crippen molar-refractivity contribution in [2.45, 2.75) is 20.3 Å². The summed E-state index contributed by atoms with van der Waals surface area (Å²) in [6.07, 6.45) is 0.934. The van der Waals surface area contributed by atoms with Gasteiger partial charge in [-0.2, -0.15) is 0 Å². The van der Waals surface area contributed by atoms with Gasteiger partial charge in [-0.3, -0.25) is 0 Å². The fourth-order valence-electron chi connectivity index (χ4n) is 0.515. The highest BCUT2D eigenvalue weighted by atomic mass is 13.9. The SMILES string of the molecule is C=C=C(C)CC(=C)C. The average Bonchev–Trinajstić information content (AvgIpc) is 1.65. The standard InChI is InChI=1S/C8H12/c1-5-8(4)6-7(2)3/h1-2,6H2,3-4H3. The van der Waals surface area contributed by atoms with E-state index in [1.165, 1.54) is 5.57 Å². The molecule has 0 atom stereocenters. The highest BCUT2D eigenvalue weighted by Crippen LogP contribution is 2.04. The van der Waals surface area contributed by atoms with Crippen LogP contribution >= 0.6 is 0 Å². The van der Waals surface area contributed by atoms with Gasteiger partial charge in [-0.15, -0.1) is 5.73 Å². The van der Waals surface area contributed by atoms with Gasteiger partial charge in [0.2, 0.25) is 0 Å². The van der Waals surface area contributed by atoms with Crippen LogP contribution in [-0.4, -0.2) is 0 Å². The molecule has 0 saturated heterocycles. The lowest BCUT2D eigenvalue weighted by atomic mass is 10.1. The summed E-state index contributed by atoms with van der Waals surface area (Å²) in [6.45, 7) is 11.3. The fourth-order valence-corrected chi connectivity index (χ4v) is 0.515. The third kappa shape index (κ3) is 3.45. The van der Waals surface area contributed by atoms with Crippen LogP contribution in [0.1, 0.15) is 20.3 Å². The molecule has 0 amide bonds. The van der Waals surface area contributed by atoms with E-state index in [0.717, 1.165) is 12.0 Å². The molecule has 8 heavy (non-hydrogen) atoms. The Kier molecular flexibility index (Phi) is 2.98. The van der Waals surface area contributed by atoms with Gasteiger partial charge in [-0.05, 0) is 25.8 Å². The molecule has 0 aromatic rings. The quantitative estimate of drug-likeness (QED) is 0.377. The van der Waals surface area contributed by atoms with Crippen LogP contribution in [0.2, 0.25) is 0 Å². The molecular weight excluding hydrogens is 96.1 g/mol. The molecule has 0 heterocycles. The van der Waals surface area contributed by atoms with E-state index in [1.54, 1.807) is 0 Å². The second-order valence-corrected chi connectivity index (χ2v) is 2.09. The van der Waals surface area contributed by atoms with Crippen molar-refractivity contribution in [2.24, 2.45) is 0 Å². The lowest BCUT2D eigenvalue weighted by molar-refractivity contribution is 1.12. The molecule has 0 aromatic carbocycles. The van der Waals surface area contributed by atoms with E-state index < -0.39 is 0 Å². The second kappa shape index (κ2) is 3.29. The Morgan fingerprint density at radius 1 is 1.50 bits per heavy atom.